The first kappa shape index (κ1) is 22.3. The molecule has 1 amide bonds. The highest BCUT2D eigenvalue weighted by molar-refractivity contribution is 7.99. The summed E-state index contributed by atoms with van der Waals surface area (Å²) in [6, 6.07) is 17.8. The molecule has 32 heavy (non-hydrogen) atoms. The van der Waals surface area contributed by atoms with Crippen LogP contribution in [0.15, 0.2) is 78.2 Å². The molecular weight excluding hydrogens is 420 g/mol. The number of hydrogen-bond acceptors (Lipinski definition) is 6. The van der Waals surface area contributed by atoms with Gasteiger partial charge in [0.15, 0.2) is 0 Å². The first-order valence-corrected chi connectivity index (χ1v) is 12.0. The van der Waals surface area contributed by atoms with Crippen LogP contribution in [0.4, 0.5) is 4.79 Å². The highest BCUT2D eigenvalue weighted by Gasteiger charge is 2.22. The number of aromatic nitrogens is 2. The first-order chi connectivity index (χ1) is 15.8. The van der Waals surface area contributed by atoms with Crippen molar-refractivity contribution in [3.8, 4) is 5.75 Å². The highest BCUT2D eigenvalue weighted by atomic mass is 32.2. The Morgan fingerprint density at radius 1 is 0.906 bits per heavy atom. The summed E-state index contributed by atoms with van der Waals surface area (Å²) in [4.78, 5) is 25.2. The molecule has 0 spiro atoms. The van der Waals surface area contributed by atoms with E-state index < -0.39 is 0 Å². The van der Waals surface area contributed by atoms with Crippen molar-refractivity contribution in [1.82, 2.24) is 19.8 Å². The third kappa shape index (κ3) is 6.80. The van der Waals surface area contributed by atoms with Crippen LogP contribution in [0.1, 0.15) is 11.1 Å². The number of hydrogen-bond donors (Lipinski definition) is 0. The fourth-order valence-corrected chi connectivity index (χ4v) is 4.44. The van der Waals surface area contributed by atoms with Gasteiger partial charge in [0.25, 0.3) is 0 Å². The number of pyridine rings is 2. The maximum atomic E-state index is 12.5. The Balaban J connectivity index is 1.16. The second-order valence-electron chi connectivity index (χ2n) is 7.72. The number of nitrogens with zero attached hydrogens (tertiary/aromatic N) is 4. The molecule has 0 aliphatic carbocycles. The van der Waals surface area contributed by atoms with Crippen LogP contribution in [-0.4, -0.2) is 64.3 Å². The lowest BCUT2D eigenvalue weighted by Gasteiger charge is -2.34. The Hall–Kier alpha value is -2.90. The minimum Gasteiger partial charge on any atom is -0.410 e. The van der Waals surface area contributed by atoms with Crippen molar-refractivity contribution in [1.29, 1.82) is 0 Å². The number of carbonyl (C=O) groups excluding carboxylic acids is 1. The number of amides is 1. The molecule has 6 nitrogen and oxygen atoms in total. The molecule has 1 saturated heterocycles. The summed E-state index contributed by atoms with van der Waals surface area (Å²) in [6.07, 6.45) is 7.17. The molecule has 3 aromatic rings. The van der Waals surface area contributed by atoms with Crippen LogP contribution < -0.4 is 4.74 Å². The van der Waals surface area contributed by atoms with Crippen molar-refractivity contribution in [3.05, 3.63) is 84.3 Å². The fourth-order valence-electron chi connectivity index (χ4n) is 3.58. The SMILES string of the molecule is O=C(Oc1ccc(CCSc2ccccn2)cc1)N1CCN(CCc2cccnc2)CC1. The van der Waals surface area contributed by atoms with E-state index in [1.54, 1.807) is 22.9 Å². The van der Waals surface area contributed by atoms with Gasteiger partial charge in [0, 0.05) is 57.1 Å². The van der Waals surface area contributed by atoms with E-state index in [0.29, 0.717) is 18.8 Å². The summed E-state index contributed by atoms with van der Waals surface area (Å²) < 4.78 is 5.59. The number of benzene rings is 1. The van der Waals surface area contributed by atoms with Crippen LogP contribution in [0.3, 0.4) is 0 Å². The lowest BCUT2D eigenvalue weighted by atomic mass is 10.2. The van der Waals surface area contributed by atoms with Crippen LogP contribution in [0.25, 0.3) is 0 Å². The van der Waals surface area contributed by atoms with E-state index in [9.17, 15) is 4.79 Å². The minimum atomic E-state index is -0.268. The fraction of sp³-hybridized carbons (Fsp3) is 0.320. The zero-order valence-corrected chi connectivity index (χ0v) is 18.9. The lowest BCUT2D eigenvalue weighted by molar-refractivity contribution is 0.111. The molecule has 4 rings (SSSR count). The van der Waals surface area contributed by atoms with Gasteiger partial charge in [0.2, 0.25) is 0 Å². The van der Waals surface area contributed by atoms with Gasteiger partial charge in [-0.15, -0.1) is 11.8 Å². The van der Waals surface area contributed by atoms with Crippen LogP contribution in [-0.2, 0) is 12.8 Å². The van der Waals surface area contributed by atoms with Crippen LogP contribution in [0, 0.1) is 0 Å². The van der Waals surface area contributed by atoms with E-state index in [1.165, 1.54) is 11.1 Å². The summed E-state index contributed by atoms with van der Waals surface area (Å²) in [5, 5.41) is 1.04. The summed E-state index contributed by atoms with van der Waals surface area (Å²) in [7, 11) is 0. The van der Waals surface area contributed by atoms with Crippen molar-refractivity contribution in [2.45, 2.75) is 17.9 Å². The van der Waals surface area contributed by atoms with Crippen molar-refractivity contribution in [2.24, 2.45) is 0 Å². The average Bonchev–Trinajstić information content (AvgIpc) is 2.85. The van der Waals surface area contributed by atoms with Crippen LogP contribution in [0.5, 0.6) is 5.75 Å². The van der Waals surface area contributed by atoms with Crippen LogP contribution >= 0.6 is 11.8 Å². The van der Waals surface area contributed by atoms with Crippen LogP contribution in [0.2, 0.25) is 0 Å². The summed E-state index contributed by atoms with van der Waals surface area (Å²) >= 11 is 1.74. The Labute approximate surface area is 193 Å². The van der Waals surface area contributed by atoms with Gasteiger partial charge in [-0.05, 0) is 54.3 Å². The number of thioether (sulfide) groups is 1. The zero-order chi connectivity index (χ0) is 22.0. The van der Waals surface area contributed by atoms with E-state index >= 15 is 0 Å². The van der Waals surface area contributed by atoms with Gasteiger partial charge in [0.05, 0.1) is 5.03 Å². The number of piperazine rings is 1. The van der Waals surface area contributed by atoms with E-state index in [4.69, 9.17) is 4.74 Å². The molecule has 1 aromatic carbocycles. The van der Waals surface area contributed by atoms with Crippen molar-refractivity contribution in [3.63, 3.8) is 0 Å². The molecule has 1 aliphatic heterocycles. The van der Waals surface area contributed by atoms with Gasteiger partial charge >= 0.3 is 6.09 Å². The monoisotopic (exact) mass is 448 g/mol. The molecule has 0 atom stereocenters. The standard InChI is InChI=1S/C25H28N4O2S/c30-25(29-17-15-28(16-18-29)14-10-22-4-3-12-26-20-22)31-23-8-6-21(7-9-23)11-19-32-24-5-1-2-13-27-24/h1-9,12-13,20H,10-11,14-19H2. The van der Waals surface area contributed by atoms with Gasteiger partial charge in [-0.3, -0.25) is 9.88 Å². The predicted molar refractivity (Wildman–Crippen MR) is 127 cm³/mol. The normalized spacial score (nSPS) is 14.3. The molecule has 1 fully saturated rings. The van der Waals surface area contributed by atoms with Gasteiger partial charge in [0.1, 0.15) is 5.75 Å². The number of carbonyl (C=O) groups is 1. The first-order valence-electron chi connectivity index (χ1n) is 11.0. The Morgan fingerprint density at radius 3 is 2.47 bits per heavy atom. The molecule has 0 radical (unpaired) electrons. The topological polar surface area (TPSA) is 58.6 Å². The maximum absolute atomic E-state index is 12.5. The second kappa shape index (κ2) is 11.6. The quantitative estimate of drug-likeness (QED) is 0.482. The Kier molecular flexibility index (Phi) is 8.11. The molecule has 2 aromatic heterocycles. The maximum Gasteiger partial charge on any atom is 0.415 e. The number of rotatable bonds is 8. The Bertz CT molecular complexity index is 962. The van der Waals surface area contributed by atoms with E-state index in [-0.39, 0.29) is 6.09 Å². The third-order valence-corrected chi connectivity index (χ3v) is 6.42. The molecule has 7 heteroatoms. The molecule has 3 heterocycles. The highest BCUT2D eigenvalue weighted by Crippen LogP contribution is 2.19. The average molecular weight is 449 g/mol. The molecule has 0 unspecified atom stereocenters. The van der Waals surface area contributed by atoms with Gasteiger partial charge in [-0.1, -0.05) is 24.3 Å². The smallest absolute Gasteiger partial charge is 0.410 e. The molecular formula is C25H28N4O2S. The molecule has 0 bridgehead atoms. The molecule has 1 aliphatic rings. The lowest BCUT2D eigenvalue weighted by Crippen LogP contribution is -2.49. The zero-order valence-electron chi connectivity index (χ0n) is 18.1. The van der Waals surface area contributed by atoms with Gasteiger partial charge in [-0.25, -0.2) is 9.78 Å². The van der Waals surface area contributed by atoms with E-state index in [1.807, 2.05) is 60.9 Å². The summed E-state index contributed by atoms with van der Waals surface area (Å²) in [6.45, 7) is 4.09. The molecule has 0 saturated carbocycles. The Morgan fingerprint density at radius 2 is 1.75 bits per heavy atom. The predicted octanol–water partition coefficient (Wildman–Crippen LogP) is 4.17. The van der Waals surface area contributed by atoms with E-state index in [0.717, 1.165) is 43.3 Å². The second-order valence-corrected chi connectivity index (χ2v) is 8.83. The van der Waals surface area contributed by atoms with Crippen molar-refractivity contribution in [2.75, 3.05) is 38.5 Å². The van der Waals surface area contributed by atoms with Crippen molar-refractivity contribution < 1.29 is 9.53 Å². The minimum absolute atomic E-state index is 0.268. The summed E-state index contributed by atoms with van der Waals surface area (Å²) in [5.41, 5.74) is 2.46. The van der Waals surface area contributed by atoms with Gasteiger partial charge < -0.3 is 9.64 Å². The van der Waals surface area contributed by atoms with Crippen molar-refractivity contribution >= 4 is 17.9 Å². The molecule has 166 valence electrons. The number of aryl methyl sites for hydroxylation is 1. The third-order valence-electron chi connectivity index (χ3n) is 5.48. The van der Waals surface area contributed by atoms with E-state index in [2.05, 4.69) is 20.9 Å². The molecule has 0 N–H and O–H groups in total. The van der Waals surface area contributed by atoms with Gasteiger partial charge in [-0.2, -0.15) is 0 Å². The number of ether oxygens (including phenoxy) is 1. The summed E-state index contributed by atoms with van der Waals surface area (Å²) in [5.74, 6) is 1.55. The largest absolute Gasteiger partial charge is 0.415 e.